The van der Waals surface area contributed by atoms with E-state index in [9.17, 15) is 14.5 Å². The third kappa shape index (κ3) is 2.45. The number of fused-ring (bicyclic) bond motifs is 3. The fourth-order valence-electron chi connectivity index (χ4n) is 3.96. The van der Waals surface area contributed by atoms with Crippen LogP contribution in [0.5, 0.6) is 5.75 Å². The van der Waals surface area contributed by atoms with E-state index in [2.05, 4.69) is 17.5 Å². The highest BCUT2D eigenvalue weighted by molar-refractivity contribution is 5.61. The van der Waals surface area contributed by atoms with Crippen LogP contribution in [-0.2, 0) is 0 Å². The average molecular weight is 340 g/mol. The summed E-state index contributed by atoms with van der Waals surface area (Å²) in [6.07, 6.45) is 5.05. The molecule has 4 rings (SSSR count). The second-order valence-electron chi connectivity index (χ2n) is 6.37. The SMILES string of the molecule is COc1ccc([C@H]2Nc3c(F)cccc3[C@H]3C=CC[C@@H]32)cc1[N+](=O)[O-]. The van der Waals surface area contributed by atoms with Crippen molar-refractivity contribution in [3.63, 3.8) is 0 Å². The molecule has 2 aromatic rings. The number of nitro groups is 1. The fourth-order valence-corrected chi connectivity index (χ4v) is 3.96. The number of para-hydroxylation sites is 1. The molecule has 0 saturated carbocycles. The van der Waals surface area contributed by atoms with Crippen LogP contribution in [0.25, 0.3) is 0 Å². The Morgan fingerprint density at radius 3 is 2.92 bits per heavy atom. The second kappa shape index (κ2) is 5.88. The molecule has 0 fully saturated rings. The number of allylic oxidation sites excluding steroid dienone is 2. The Morgan fingerprint density at radius 2 is 2.16 bits per heavy atom. The Balaban J connectivity index is 1.80. The fraction of sp³-hybridized carbons (Fsp3) is 0.263. The number of benzene rings is 2. The lowest BCUT2D eigenvalue weighted by Gasteiger charge is -2.37. The zero-order chi connectivity index (χ0) is 17.6. The van der Waals surface area contributed by atoms with E-state index in [1.807, 2.05) is 12.1 Å². The summed E-state index contributed by atoms with van der Waals surface area (Å²) in [5, 5.41) is 14.6. The number of nitrogens with zero attached hydrogens (tertiary/aromatic N) is 1. The Bertz CT molecular complexity index is 881. The van der Waals surface area contributed by atoms with Crippen molar-refractivity contribution < 1.29 is 14.1 Å². The predicted molar refractivity (Wildman–Crippen MR) is 92.4 cm³/mol. The van der Waals surface area contributed by atoms with E-state index in [0.717, 1.165) is 17.5 Å². The predicted octanol–water partition coefficient (Wildman–Crippen LogP) is 4.57. The molecule has 2 aliphatic rings. The van der Waals surface area contributed by atoms with E-state index in [4.69, 9.17) is 4.74 Å². The van der Waals surface area contributed by atoms with E-state index < -0.39 is 4.92 Å². The number of nitro benzene ring substituents is 1. The van der Waals surface area contributed by atoms with Crippen LogP contribution < -0.4 is 10.1 Å². The molecule has 5 nitrogen and oxygen atoms in total. The van der Waals surface area contributed by atoms with Gasteiger partial charge in [0.2, 0.25) is 0 Å². The van der Waals surface area contributed by atoms with Gasteiger partial charge in [-0.25, -0.2) is 4.39 Å². The van der Waals surface area contributed by atoms with Crippen molar-refractivity contribution in [1.82, 2.24) is 0 Å². The van der Waals surface area contributed by atoms with Crippen LogP contribution in [0, 0.1) is 21.8 Å². The molecule has 0 radical (unpaired) electrons. The van der Waals surface area contributed by atoms with Gasteiger partial charge >= 0.3 is 5.69 Å². The molecule has 0 saturated heterocycles. The molecule has 0 spiro atoms. The molecule has 25 heavy (non-hydrogen) atoms. The van der Waals surface area contributed by atoms with Crippen molar-refractivity contribution in [2.45, 2.75) is 18.4 Å². The monoisotopic (exact) mass is 340 g/mol. The van der Waals surface area contributed by atoms with Crippen LogP contribution in [0.4, 0.5) is 15.8 Å². The summed E-state index contributed by atoms with van der Waals surface area (Å²) in [6.45, 7) is 0. The van der Waals surface area contributed by atoms with Gasteiger partial charge in [-0.05, 0) is 35.6 Å². The van der Waals surface area contributed by atoms with Crippen LogP contribution in [0.15, 0.2) is 48.6 Å². The van der Waals surface area contributed by atoms with Crippen molar-refractivity contribution in [3.8, 4) is 5.75 Å². The van der Waals surface area contributed by atoms with E-state index in [0.29, 0.717) is 5.69 Å². The molecule has 1 aliphatic carbocycles. The van der Waals surface area contributed by atoms with Crippen molar-refractivity contribution >= 4 is 11.4 Å². The molecular formula is C19H17FN2O3. The highest BCUT2D eigenvalue weighted by atomic mass is 19.1. The van der Waals surface area contributed by atoms with Gasteiger partial charge in [-0.15, -0.1) is 0 Å². The van der Waals surface area contributed by atoms with Gasteiger partial charge in [0.1, 0.15) is 5.82 Å². The van der Waals surface area contributed by atoms with Crippen LogP contribution in [0.1, 0.15) is 29.5 Å². The summed E-state index contributed by atoms with van der Waals surface area (Å²) >= 11 is 0. The largest absolute Gasteiger partial charge is 0.490 e. The number of methoxy groups -OCH3 is 1. The van der Waals surface area contributed by atoms with Crippen molar-refractivity contribution in [3.05, 3.63) is 75.6 Å². The maximum Gasteiger partial charge on any atom is 0.311 e. The zero-order valence-electron chi connectivity index (χ0n) is 13.6. The van der Waals surface area contributed by atoms with E-state index >= 15 is 0 Å². The highest BCUT2D eigenvalue weighted by Gasteiger charge is 2.39. The topological polar surface area (TPSA) is 64.4 Å². The molecule has 0 amide bonds. The van der Waals surface area contributed by atoms with E-state index in [1.165, 1.54) is 19.2 Å². The van der Waals surface area contributed by atoms with Crippen molar-refractivity contribution in [2.24, 2.45) is 5.92 Å². The summed E-state index contributed by atoms with van der Waals surface area (Å²) in [4.78, 5) is 10.9. The maximum atomic E-state index is 14.3. The Morgan fingerprint density at radius 1 is 1.32 bits per heavy atom. The smallest absolute Gasteiger partial charge is 0.311 e. The minimum Gasteiger partial charge on any atom is -0.490 e. The number of nitrogens with one attached hydrogen (secondary N) is 1. The van der Waals surface area contributed by atoms with Gasteiger partial charge in [0.15, 0.2) is 5.75 Å². The number of ether oxygens (including phenoxy) is 1. The third-order valence-electron chi connectivity index (χ3n) is 5.10. The Labute approximate surface area is 144 Å². The van der Waals surface area contributed by atoms with Gasteiger partial charge in [0, 0.05) is 12.0 Å². The van der Waals surface area contributed by atoms with Gasteiger partial charge in [-0.3, -0.25) is 10.1 Å². The number of hydrogen-bond donors (Lipinski definition) is 1. The van der Waals surface area contributed by atoms with Crippen molar-refractivity contribution in [1.29, 1.82) is 0 Å². The second-order valence-corrected chi connectivity index (χ2v) is 6.37. The number of halogens is 1. The summed E-state index contributed by atoms with van der Waals surface area (Å²) in [7, 11) is 1.41. The maximum absolute atomic E-state index is 14.3. The first-order valence-corrected chi connectivity index (χ1v) is 8.14. The lowest BCUT2D eigenvalue weighted by Crippen LogP contribution is -2.29. The first-order chi connectivity index (χ1) is 12.1. The zero-order valence-corrected chi connectivity index (χ0v) is 13.6. The highest BCUT2D eigenvalue weighted by Crippen LogP contribution is 2.50. The molecule has 128 valence electrons. The van der Waals surface area contributed by atoms with Gasteiger partial charge in [-0.2, -0.15) is 0 Å². The van der Waals surface area contributed by atoms with Gasteiger partial charge in [0.05, 0.1) is 23.8 Å². The van der Waals surface area contributed by atoms with E-state index in [1.54, 1.807) is 12.1 Å². The molecule has 3 atom stereocenters. The average Bonchev–Trinajstić information content (AvgIpc) is 3.11. The number of hydrogen-bond acceptors (Lipinski definition) is 4. The third-order valence-corrected chi connectivity index (χ3v) is 5.10. The number of rotatable bonds is 3. The molecule has 1 N–H and O–H groups in total. The molecule has 2 aromatic carbocycles. The summed E-state index contributed by atoms with van der Waals surface area (Å²) in [6, 6.07) is 9.82. The number of anilines is 1. The summed E-state index contributed by atoms with van der Waals surface area (Å²) < 4.78 is 19.4. The summed E-state index contributed by atoms with van der Waals surface area (Å²) in [5.74, 6) is 0.224. The molecule has 0 unspecified atom stereocenters. The van der Waals surface area contributed by atoms with Gasteiger partial charge in [-0.1, -0.05) is 30.4 Å². The normalized spacial score (nSPS) is 23.5. The molecule has 6 heteroatoms. The first kappa shape index (κ1) is 15.6. The Hall–Kier alpha value is -2.89. The van der Waals surface area contributed by atoms with Crippen molar-refractivity contribution in [2.75, 3.05) is 12.4 Å². The standard InChI is InChI=1S/C19H17FN2O3/c1-25-17-9-8-11(10-16(17)22(23)24)18-13-5-2-4-12(13)14-6-3-7-15(20)19(14)21-18/h2-4,6-10,12-13,18,21H,5H2,1H3/t12-,13-,18+/m0/s1. The summed E-state index contributed by atoms with van der Waals surface area (Å²) in [5.41, 5.74) is 2.11. The van der Waals surface area contributed by atoms with Crippen LogP contribution in [0.3, 0.4) is 0 Å². The lowest BCUT2D eigenvalue weighted by molar-refractivity contribution is -0.385. The lowest BCUT2D eigenvalue weighted by atomic mass is 9.77. The molecule has 1 aliphatic heterocycles. The van der Waals surface area contributed by atoms with Gasteiger partial charge < -0.3 is 10.1 Å². The molecule has 0 bridgehead atoms. The van der Waals surface area contributed by atoms with Crippen LogP contribution in [-0.4, -0.2) is 12.0 Å². The molecule has 1 heterocycles. The first-order valence-electron chi connectivity index (χ1n) is 8.14. The van der Waals surface area contributed by atoms with Crippen LogP contribution >= 0.6 is 0 Å². The molecule has 0 aromatic heterocycles. The van der Waals surface area contributed by atoms with E-state index in [-0.39, 0.29) is 35.1 Å². The quantitative estimate of drug-likeness (QED) is 0.505. The molecular weight excluding hydrogens is 323 g/mol. The minimum atomic E-state index is -0.454. The van der Waals surface area contributed by atoms with Gasteiger partial charge in [0.25, 0.3) is 0 Å². The Kier molecular flexibility index (Phi) is 3.67. The minimum absolute atomic E-state index is 0.0800. The van der Waals surface area contributed by atoms with Crippen LogP contribution in [0.2, 0.25) is 0 Å².